The van der Waals surface area contributed by atoms with Crippen molar-refractivity contribution in [3.05, 3.63) is 0 Å². The fourth-order valence-corrected chi connectivity index (χ4v) is 1.00. The van der Waals surface area contributed by atoms with E-state index in [0.29, 0.717) is 13.2 Å². The Balaban J connectivity index is 3.52. The van der Waals surface area contributed by atoms with Crippen LogP contribution in [0.4, 0.5) is 4.79 Å². The fraction of sp³-hybridized carbons (Fsp3) is 0.833. The van der Waals surface area contributed by atoms with Crippen LogP contribution in [0.1, 0.15) is 20.8 Å². The number of alkyl carbamates (subject to hydrolysis) is 1. The topological polar surface area (TPSA) is 85.9 Å². The van der Waals surface area contributed by atoms with Crippen LogP contribution < -0.4 is 10.6 Å². The van der Waals surface area contributed by atoms with Gasteiger partial charge in [-0.25, -0.2) is 4.79 Å². The predicted octanol–water partition coefficient (Wildman–Crippen LogP) is 0.290. The van der Waals surface area contributed by atoms with Gasteiger partial charge in [0.15, 0.2) is 0 Å². The lowest BCUT2D eigenvalue weighted by Gasteiger charge is -2.19. The fourth-order valence-electron chi connectivity index (χ4n) is 1.00. The number of nitrogens with one attached hydrogen (secondary N) is 2. The van der Waals surface area contributed by atoms with Crippen molar-refractivity contribution in [2.45, 2.75) is 26.4 Å². The molecule has 0 rings (SSSR count). The van der Waals surface area contributed by atoms with Crippen LogP contribution in [-0.2, 0) is 19.0 Å². The van der Waals surface area contributed by atoms with Gasteiger partial charge in [-0.15, -0.1) is 0 Å². The van der Waals surface area contributed by atoms with E-state index in [1.165, 1.54) is 0 Å². The van der Waals surface area contributed by atoms with E-state index in [-0.39, 0.29) is 13.2 Å². The Kier molecular flexibility index (Phi) is 8.90. The van der Waals surface area contributed by atoms with Gasteiger partial charge in [0.2, 0.25) is 0 Å². The number of ether oxygens (including phenoxy) is 3. The van der Waals surface area contributed by atoms with Crippen molar-refractivity contribution >= 4 is 12.1 Å². The second-order valence-electron chi connectivity index (χ2n) is 4.79. The SMILES string of the molecule is CNCCOCCOC(=O)CNC(=O)OC(C)(C)C. The first kappa shape index (κ1) is 17.7. The highest BCUT2D eigenvalue weighted by Crippen LogP contribution is 2.06. The summed E-state index contributed by atoms with van der Waals surface area (Å²) in [7, 11) is 1.83. The zero-order chi connectivity index (χ0) is 14.7. The Morgan fingerprint density at radius 2 is 1.79 bits per heavy atom. The molecule has 0 unspecified atom stereocenters. The van der Waals surface area contributed by atoms with Crippen LogP contribution in [0, 0.1) is 0 Å². The Labute approximate surface area is 114 Å². The van der Waals surface area contributed by atoms with Crippen molar-refractivity contribution < 1.29 is 23.8 Å². The van der Waals surface area contributed by atoms with Crippen LogP contribution in [0.25, 0.3) is 0 Å². The normalized spacial score (nSPS) is 10.9. The lowest BCUT2D eigenvalue weighted by molar-refractivity contribution is -0.144. The molecular formula is C12H24N2O5. The average Bonchev–Trinajstić information content (AvgIpc) is 2.29. The number of carbonyl (C=O) groups excluding carboxylic acids is 2. The summed E-state index contributed by atoms with van der Waals surface area (Å²) in [4.78, 5) is 22.5. The molecule has 0 spiro atoms. The van der Waals surface area contributed by atoms with Gasteiger partial charge in [0.1, 0.15) is 18.8 Å². The number of carbonyl (C=O) groups is 2. The summed E-state index contributed by atoms with van der Waals surface area (Å²) in [5.41, 5.74) is -0.588. The van der Waals surface area contributed by atoms with Gasteiger partial charge in [0, 0.05) is 6.54 Å². The summed E-state index contributed by atoms with van der Waals surface area (Å²) < 4.78 is 15.0. The maximum absolute atomic E-state index is 11.2. The first-order chi connectivity index (χ1) is 8.85. The van der Waals surface area contributed by atoms with Gasteiger partial charge in [-0.05, 0) is 27.8 Å². The molecule has 0 fully saturated rings. The predicted molar refractivity (Wildman–Crippen MR) is 69.9 cm³/mol. The maximum atomic E-state index is 11.2. The van der Waals surface area contributed by atoms with Gasteiger partial charge in [-0.2, -0.15) is 0 Å². The minimum Gasteiger partial charge on any atom is -0.462 e. The minimum absolute atomic E-state index is 0.165. The third kappa shape index (κ3) is 12.9. The van der Waals surface area contributed by atoms with Crippen molar-refractivity contribution in [3.63, 3.8) is 0 Å². The minimum atomic E-state index is -0.644. The molecule has 0 saturated heterocycles. The van der Waals surface area contributed by atoms with Crippen LogP contribution in [0.5, 0.6) is 0 Å². The van der Waals surface area contributed by atoms with Crippen molar-refractivity contribution in [1.29, 1.82) is 0 Å². The van der Waals surface area contributed by atoms with E-state index in [9.17, 15) is 9.59 Å². The lowest BCUT2D eigenvalue weighted by Crippen LogP contribution is -2.36. The van der Waals surface area contributed by atoms with Crippen molar-refractivity contribution in [2.24, 2.45) is 0 Å². The van der Waals surface area contributed by atoms with E-state index in [0.717, 1.165) is 6.54 Å². The van der Waals surface area contributed by atoms with E-state index >= 15 is 0 Å². The van der Waals surface area contributed by atoms with Crippen LogP contribution in [0.3, 0.4) is 0 Å². The quantitative estimate of drug-likeness (QED) is 0.489. The number of likely N-dealkylation sites (N-methyl/N-ethyl adjacent to an activating group) is 1. The lowest BCUT2D eigenvalue weighted by atomic mass is 10.2. The zero-order valence-electron chi connectivity index (χ0n) is 12.1. The van der Waals surface area contributed by atoms with E-state index in [4.69, 9.17) is 14.2 Å². The standard InChI is InChI=1S/C12H24N2O5/c1-12(2,3)19-11(16)14-9-10(15)18-8-7-17-6-5-13-4/h13H,5-9H2,1-4H3,(H,14,16). The van der Waals surface area contributed by atoms with Crippen LogP contribution in [-0.4, -0.2) is 57.6 Å². The Bertz CT molecular complexity index is 276. The zero-order valence-corrected chi connectivity index (χ0v) is 12.1. The molecule has 0 aliphatic rings. The number of hydrogen-bond acceptors (Lipinski definition) is 6. The summed E-state index contributed by atoms with van der Waals surface area (Å²) in [5.74, 6) is -0.525. The first-order valence-corrected chi connectivity index (χ1v) is 6.20. The average molecular weight is 276 g/mol. The van der Waals surface area contributed by atoms with E-state index in [1.807, 2.05) is 7.05 Å². The molecule has 0 radical (unpaired) electrons. The molecule has 112 valence electrons. The first-order valence-electron chi connectivity index (χ1n) is 6.20. The summed E-state index contributed by atoms with van der Waals surface area (Å²) >= 11 is 0. The van der Waals surface area contributed by atoms with Gasteiger partial charge in [-0.3, -0.25) is 4.79 Å². The molecule has 1 amide bonds. The molecule has 0 bridgehead atoms. The van der Waals surface area contributed by atoms with Crippen molar-refractivity contribution in [3.8, 4) is 0 Å². The molecule has 0 aliphatic heterocycles. The van der Waals surface area contributed by atoms with Gasteiger partial charge in [-0.1, -0.05) is 0 Å². The Morgan fingerprint density at radius 1 is 1.11 bits per heavy atom. The number of rotatable bonds is 8. The van der Waals surface area contributed by atoms with E-state index < -0.39 is 17.7 Å². The third-order valence-corrected chi connectivity index (χ3v) is 1.76. The number of amides is 1. The molecule has 7 nitrogen and oxygen atoms in total. The van der Waals surface area contributed by atoms with Gasteiger partial charge in [0.05, 0.1) is 13.2 Å². The number of hydrogen-bond donors (Lipinski definition) is 2. The largest absolute Gasteiger partial charge is 0.462 e. The van der Waals surface area contributed by atoms with E-state index in [1.54, 1.807) is 20.8 Å². The van der Waals surface area contributed by atoms with Crippen molar-refractivity contribution in [1.82, 2.24) is 10.6 Å². The molecule has 19 heavy (non-hydrogen) atoms. The molecule has 0 saturated carbocycles. The smallest absolute Gasteiger partial charge is 0.408 e. The molecule has 0 atom stereocenters. The monoisotopic (exact) mass is 276 g/mol. The third-order valence-electron chi connectivity index (χ3n) is 1.76. The summed E-state index contributed by atoms with van der Waals surface area (Å²) in [6, 6.07) is 0. The molecule has 7 heteroatoms. The molecule has 2 N–H and O–H groups in total. The Hall–Kier alpha value is -1.34. The number of esters is 1. The summed E-state index contributed by atoms with van der Waals surface area (Å²) in [6.45, 7) is 6.82. The molecule has 0 aromatic rings. The van der Waals surface area contributed by atoms with Crippen LogP contribution in [0.2, 0.25) is 0 Å². The Morgan fingerprint density at radius 3 is 2.37 bits per heavy atom. The summed E-state index contributed by atoms with van der Waals surface area (Å²) in [6.07, 6.45) is -0.644. The molecule has 0 aromatic heterocycles. The van der Waals surface area contributed by atoms with Crippen molar-refractivity contribution in [2.75, 3.05) is 40.0 Å². The molecule has 0 aliphatic carbocycles. The highest BCUT2D eigenvalue weighted by atomic mass is 16.6. The second-order valence-corrected chi connectivity index (χ2v) is 4.79. The van der Waals surface area contributed by atoms with E-state index in [2.05, 4.69) is 10.6 Å². The van der Waals surface area contributed by atoms with Crippen LogP contribution >= 0.6 is 0 Å². The molecular weight excluding hydrogens is 252 g/mol. The summed E-state index contributed by atoms with van der Waals surface area (Å²) in [5, 5.41) is 5.24. The molecule has 0 aromatic carbocycles. The van der Waals surface area contributed by atoms with Gasteiger partial charge < -0.3 is 24.8 Å². The second kappa shape index (κ2) is 9.57. The highest BCUT2D eigenvalue weighted by molar-refractivity contribution is 5.77. The maximum Gasteiger partial charge on any atom is 0.408 e. The van der Waals surface area contributed by atoms with Gasteiger partial charge >= 0.3 is 12.1 Å². The van der Waals surface area contributed by atoms with Crippen LogP contribution in [0.15, 0.2) is 0 Å². The van der Waals surface area contributed by atoms with Gasteiger partial charge in [0.25, 0.3) is 0 Å². The molecule has 0 heterocycles. The highest BCUT2D eigenvalue weighted by Gasteiger charge is 2.16.